The average Bonchev–Trinajstić information content (AvgIpc) is 2.75. The quantitative estimate of drug-likeness (QED) is 0.422. The first kappa shape index (κ1) is 19.7. The second kappa shape index (κ2) is 8.04. The Balaban J connectivity index is 1.67. The molecule has 30 heavy (non-hydrogen) atoms. The fraction of sp³-hybridized carbons (Fsp3) is 0.0870. The zero-order valence-electron chi connectivity index (χ0n) is 16.1. The molecular weight excluding hydrogens is 404 g/mol. The highest BCUT2D eigenvalue weighted by molar-refractivity contribution is 7.87. The molecule has 0 amide bonds. The molecule has 0 spiro atoms. The maximum absolute atomic E-state index is 12.9. The van der Waals surface area contributed by atoms with E-state index in [4.69, 9.17) is 13.3 Å². The highest BCUT2D eigenvalue weighted by atomic mass is 32.2. The van der Waals surface area contributed by atoms with Crippen LogP contribution < -0.4 is 14.3 Å². The molecule has 0 fully saturated rings. The summed E-state index contributed by atoms with van der Waals surface area (Å²) in [7, 11) is -3.98. The van der Waals surface area contributed by atoms with E-state index in [1.165, 1.54) is 36.6 Å². The largest absolute Gasteiger partial charge is 0.494 e. The maximum atomic E-state index is 12.9. The summed E-state index contributed by atoms with van der Waals surface area (Å²) in [5.74, 6) is 0.774. The summed E-state index contributed by atoms with van der Waals surface area (Å²) in [6, 6.07) is 19.3. The first-order chi connectivity index (χ1) is 14.5. The summed E-state index contributed by atoms with van der Waals surface area (Å²) in [5.41, 5.74) is 1.10. The van der Waals surface area contributed by atoms with Crippen molar-refractivity contribution in [3.8, 4) is 22.6 Å². The summed E-state index contributed by atoms with van der Waals surface area (Å²) in [4.78, 5) is 12.9. The van der Waals surface area contributed by atoms with Crippen molar-refractivity contribution in [1.82, 2.24) is 0 Å². The molecule has 0 radical (unpaired) electrons. The summed E-state index contributed by atoms with van der Waals surface area (Å²) < 4.78 is 41.0. The van der Waals surface area contributed by atoms with Gasteiger partial charge in [-0.25, -0.2) is 0 Å². The lowest BCUT2D eigenvalue weighted by Gasteiger charge is -2.08. The van der Waals surface area contributed by atoms with Gasteiger partial charge in [0.25, 0.3) is 0 Å². The molecule has 0 atom stereocenters. The number of hydrogen-bond donors (Lipinski definition) is 0. The van der Waals surface area contributed by atoms with Crippen molar-refractivity contribution >= 4 is 21.1 Å². The van der Waals surface area contributed by atoms with E-state index in [2.05, 4.69) is 0 Å². The topological polar surface area (TPSA) is 82.8 Å². The smallest absolute Gasteiger partial charge is 0.339 e. The molecule has 6 nitrogen and oxygen atoms in total. The third kappa shape index (κ3) is 3.92. The second-order valence-electron chi connectivity index (χ2n) is 6.44. The Labute approximate surface area is 173 Å². The van der Waals surface area contributed by atoms with Crippen LogP contribution in [-0.2, 0) is 10.1 Å². The van der Waals surface area contributed by atoms with E-state index >= 15 is 0 Å². The normalized spacial score (nSPS) is 11.4. The van der Waals surface area contributed by atoms with Gasteiger partial charge >= 0.3 is 10.1 Å². The molecule has 7 heteroatoms. The summed E-state index contributed by atoms with van der Waals surface area (Å²) >= 11 is 0. The van der Waals surface area contributed by atoms with Crippen LogP contribution in [0.1, 0.15) is 6.92 Å². The van der Waals surface area contributed by atoms with Crippen LogP contribution in [0.2, 0.25) is 0 Å². The van der Waals surface area contributed by atoms with Gasteiger partial charge in [-0.1, -0.05) is 30.3 Å². The van der Waals surface area contributed by atoms with Crippen LogP contribution in [0.25, 0.3) is 22.1 Å². The molecule has 0 bridgehead atoms. The predicted molar refractivity (Wildman–Crippen MR) is 113 cm³/mol. The van der Waals surface area contributed by atoms with Crippen molar-refractivity contribution in [2.75, 3.05) is 6.61 Å². The lowest BCUT2D eigenvalue weighted by atomic mass is 10.1. The Morgan fingerprint density at radius 1 is 0.900 bits per heavy atom. The molecule has 0 saturated carbocycles. The highest BCUT2D eigenvalue weighted by Crippen LogP contribution is 2.26. The summed E-state index contributed by atoms with van der Waals surface area (Å²) in [6.45, 7) is 2.46. The van der Waals surface area contributed by atoms with E-state index in [1.54, 1.807) is 42.5 Å². The molecule has 4 rings (SSSR count). The molecular formula is C23H18O6S. The van der Waals surface area contributed by atoms with Gasteiger partial charge in [0.1, 0.15) is 28.2 Å². The Morgan fingerprint density at radius 2 is 1.60 bits per heavy atom. The third-order valence-corrected chi connectivity index (χ3v) is 5.72. The SMILES string of the molecule is CCOc1ccc(-c2coc3cc(OS(=O)(=O)c4ccccc4)ccc3c2=O)cc1. The minimum absolute atomic E-state index is 0.0393. The van der Waals surface area contributed by atoms with E-state index in [0.29, 0.717) is 28.9 Å². The van der Waals surface area contributed by atoms with Crippen molar-refractivity contribution in [3.05, 3.63) is 89.3 Å². The van der Waals surface area contributed by atoms with E-state index in [-0.39, 0.29) is 21.7 Å². The van der Waals surface area contributed by atoms with Crippen molar-refractivity contribution in [2.45, 2.75) is 11.8 Å². The minimum atomic E-state index is -3.98. The van der Waals surface area contributed by atoms with E-state index < -0.39 is 10.1 Å². The van der Waals surface area contributed by atoms with E-state index in [1.807, 2.05) is 6.92 Å². The van der Waals surface area contributed by atoms with Crippen LogP contribution in [0, 0.1) is 0 Å². The maximum Gasteiger partial charge on any atom is 0.339 e. The number of ether oxygens (including phenoxy) is 1. The molecule has 0 aliphatic carbocycles. The van der Waals surface area contributed by atoms with Gasteiger partial charge in [-0.15, -0.1) is 0 Å². The molecule has 0 unspecified atom stereocenters. The number of fused-ring (bicyclic) bond motifs is 1. The highest BCUT2D eigenvalue weighted by Gasteiger charge is 2.17. The zero-order valence-corrected chi connectivity index (χ0v) is 16.9. The van der Waals surface area contributed by atoms with E-state index in [0.717, 1.165) is 0 Å². The molecule has 0 aliphatic heterocycles. The Morgan fingerprint density at radius 3 is 2.30 bits per heavy atom. The molecule has 0 saturated heterocycles. The lowest BCUT2D eigenvalue weighted by molar-refractivity contribution is 0.340. The second-order valence-corrected chi connectivity index (χ2v) is 7.99. The lowest BCUT2D eigenvalue weighted by Crippen LogP contribution is -2.10. The van der Waals surface area contributed by atoms with Crippen LogP contribution in [0.4, 0.5) is 0 Å². The first-order valence-electron chi connectivity index (χ1n) is 9.26. The van der Waals surface area contributed by atoms with Crippen LogP contribution in [0.3, 0.4) is 0 Å². The third-order valence-electron chi connectivity index (χ3n) is 4.46. The zero-order chi connectivity index (χ0) is 21.1. The molecule has 0 aliphatic rings. The van der Waals surface area contributed by atoms with Crippen LogP contribution in [-0.4, -0.2) is 15.0 Å². The summed E-state index contributed by atoms with van der Waals surface area (Å²) in [6.07, 6.45) is 1.36. The monoisotopic (exact) mass is 422 g/mol. The Kier molecular flexibility index (Phi) is 5.29. The number of hydrogen-bond acceptors (Lipinski definition) is 6. The van der Waals surface area contributed by atoms with Gasteiger partial charge in [-0.2, -0.15) is 8.42 Å². The van der Waals surface area contributed by atoms with Crippen molar-refractivity contribution in [1.29, 1.82) is 0 Å². The fourth-order valence-electron chi connectivity index (χ4n) is 3.02. The van der Waals surface area contributed by atoms with Crippen molar-refractivity contribution < 1.29 is 21.8 Å². The minimum Gasteiger partial charge on any atom is -0.494 e. The van der Waals surface area contributed by atoms with E-state index in [9.17, 15) is 13.2 Å². The van der Waals surface area contributed by atoms with Gasteiger partial charge < -0.3 is 13.3 Å². The molecule has 0 N–H and O–H groups in total. The molecule has 1 heterocycles. The molecule has 152 valence electrons. The Bertz CT molecular complexity index is 1340. The predicted octanol–water partition coefficient (Wildman–Crippen LogP) is 4.63. The van der Waals surface area contributed by atoms with Gasteiger partial charge in [0.2, 0.25) is 0 Å². The first-order valence-corrected chi connectivity index (χ1v) is 10.7. The van der Waals surface area contributed by atoms with Gasteiger partial charge in [0, 0.05) is 6.07 Å². The molecule has 1 aromatic heterocycles. The Hall–Kier alpha value is -3.58. The number of benzene rings is 3. The van der Waals surface area contributed by atoms with Crippen LogP contribution in [0.15, 0.2) is 93.2 Å². The number of rotatable bonds is 6. The van der Waals surface area contributed by atoms with Crippen LogP contribution >= 0.6 is 0 Å². The van der Waals surface area contributed by atoms with Crippen molar-refractivity contribution in [2.24, 2.45) is 0 Å². The molecule has 3 aromatic carbocycles. The summed E-state index contributed by atoms with van der Waals surface area (Å²) in [5, 5.41) is 0.325. The van der Waals surface area contributed by atoms with Gasteiger partial charge in [-0.05, 0) is 48.9 Å². The van der Waals surface area contributed by atoms with Gasteiger partial charge in [0.05, 0.1) is 17.6 Å². The fourth-order valence-corrected chi connectivity index (χ4v) is 3.96. The standard InChI is InChI=1S/C23H18O6S/c1-2-27-17-10-8-16(9-11-17)21-15-28-22-14-18(12-13-20(22)23(21)24)29-30(25,26)19-6-4-3-5-7-19/h3-15H,2H2,1H3. The van der Waals surface area contributed by atoms with Crippen molar-refractivity contribution in [3.63, 3.8) is 0 Å². The average molecular weight is 422 g/mol. The van der Waals surface area contributed by atoms with Gasteiger partial charge in [-0.3, -0.25) is 4.79 Å². The molecule has 4 aromatic rings. The van der Waals surface area contributed by atoms with Crippen LogP contribution in [0.5, 0.6) is 11.5 Å². The van der Waals surface area contributed by atoms with Gasteiger partial charge in [0.15, 0.2) is 5.43 Å².